The zero-order valence-electron chi connectivity index (χ0n) is 20.9. The third kappa shape index (κ3) is 5.11. The van der Waals surface area contributed by atoms with Crippen LogP contribution in [0.4, 0.5) is 0 Å². The van der Waals surface area contributed by atoms with Crippen molar-refractivity contribution in [3.8, 4) is 11.5 Å². The lowest BCUT2D eigenvalue weighted by atomic mass is 9.71. The summed E-state index contributed by atoms with van der Waals surface area (Å²) in [6.07, 6.45) is 2.00. The zero-order valence-corrected chi connectivity index (χ0v) is 20.9. The van der Waals surface area contributed by atoms with Crippen molar-refractivity contribution in [2.24, 2.45) is 0 Å². The highest BCUT2D eigenvalue weighted by atomic mass is 16.5. The fraction of sp³-hybridized carbons (Fsp3) is 0.379. The molecule has 0 spiro atoms. The molecule has 2 aliphatic rings. The lowest BCUT2D eigenvalue weighted by Gasteiger charge is -2.36. The minimum absolute atomic E-state index is 0.0465. The Morgan fingerprint density at radius 2 is 1.63 bits per heavy atom. The zero-order chi connectivity index (χ0) is 24.9. The Labute approximate surface area is 207 Å². The van der Waals surface area contributed by atoms with Gasteiger partial charge in [-0.15, -0.1) is 0 Å². The third-order valence-electron chi connectivity index (χ3n) is 6.60. The summed E-state index contributed by atoms with van der Waals surface area (Å²) in [6, 6.07) is 15.6. The highest BCUT2D eigenvalue weighted by Crippen LogP contribution is 2.46. The minimum Gasteiger partial charge on any atom is -0.497 e. The van der Waals surface area contributed by atoms with E-state index in [0.717, 1.165) is 40.4 Å². The van der Waals surface area contributed by atoms with Crippen molar-refractivity contribution in [2.45, 2.75) is 51.9 Å². The van der Waals surface area contributed by atoms with Crippen LogP contribution in [0.5, 0.6) is 11.5 Å². The van der Waals surface area contributed by atoms with Crippen molar-refractivity contribution in [1.82, 2.24) is 5.32 Å². The number of nitrogens with one attached hydrogen (secondary N) is 1. The van der Waals surface area contributed by atoms with Gasteiger partial charge in [-0.05, 0) is 68.0 Å². The van der Waals surface area contributed by atoms with E-state index in [4.69, 9.17) is 14.2 Å². The van der Waals surface area contributed by atoms with E-state index < -0.39 is 11.9 Å². The van der Waals surface area contributed by atoms with E-state index in [1.807, 2.05) is 55.5 Å². The van der Waals surface area contributed by atoms with Crippen LogP contribution in [0.2, 0.25) is 0 Å². The van der Waals surface area contributed by atoms with Crippen molar-refractivity contribution in [2.75, 3.05) is 20.3 Å². The first kappa shape index (κ1) is 24.6. The first-order chi connectivity index (χ1) is 17.0. The molecule has 184 valence electrons. The molecular weight excluding hydrogens is 442 g/mol. The largest absolute Gasteiger partial charge is 0.497 e. The molecule has 1 aliphatic carbocycles. The highest BCUT2D eigenvalue weighted by Gasteiger charge is 2.41. The Kier molecular flexibility index (Phi) is 7.59. The van der Waals surface area contributed by atoms with Gasteiger partial charge < -0.3 is 19.5 Å². The Morgan fingerprint density at radius 3 is 2.26 bits per heavy atom. The normalized spacial score (nSPS) is 19.7. The molecule has 0 amide bonds. The number of esters is 1. The molecule has 2 aromatic rings. The third-order valence-corrected chi connectivity index (χ3v) is 6.60. The number of hydrogen-bond donors (Lipinski definition) is 1. The number of carbonyl (C=O) groups excluding carboxylic acids is 2. The van der Waals surface area contributed by atoms with Gasteiger partial charge in [-0.2, -0.15) is 0 Å². The van der Waals surface area contributed by atoms with Crippen LogP contribution >= 0.6 is 0 Å². The second-order valence-electron chi connectivity index (χ2n) is 8.93. The van der Waals surface area contributed by atoms with Crippen molar-refractivity contribution >= 4 is 11.8 Å². The topological polar surface area (TPSA) is 73.9 Å². The molecule has 6 heteroatoms. The first-order valence-corrected chi connectivity index (χ1v) is 12.2. The number of Topliss-reactive ketones (excluding diaryl/α,β-unsaturated/α-hetero) is 1. The van der Waals surface area contributed by atoms with E-state index in [-0.39, 0.29) is 18.3 Å². The minimum atomic E-state index is -0.477. The summed E-state index contributed by atoms with van der Waals surface area (Å²) < 4.78 is 16.4. The van der Waals surface area contributed by atoms with Gasteiger partial charge in [-0.25, -0.2) is 4.79 Å². The average Bonchev–Trinajstić information content (AvgIpc) is 2.87. The fourth-order valence-electron chi connectivity index (χ4n) is 4.94. The molecule has 0 saturated carbocycles. The second-order valence-corrected chi connectivity index (χ2v) is 8.93. The number of allylic oxidation sites excluding steroid dienone is 3. The molecule has 0 saturated heterocycles. The maximum absolute atomic E-state index is 13.6. The molecular formula is C29H33NO5. The van der Waals surface area contributed by atoms with Gasteiger partial charge in [0.05, 0.1) is 25.9 Å². The number of carbonyl (C=O) groups is 2. The highest BCUT2D eigenvalue weighted by molar-refractivity contribution is 6.04. The molecule has 0 fully saturated rings. The van der Waals surface area contributed by atoms with Gasteiger partial charge in [0.25, 0.3) is 0 Å². The molecule has 0 unspecified atom stereocenters. The van der Waals surface area contributed by atoms with Crippen molar-refractivity contribution in [3.05, 3.63) is 82.2 Å². The molecule has 4 rings (SSSR count). The van der Waals surface area contributed by atoms with Gasteiger partial charge in [-0.1, -0.05) is 31.2 Å². The van der Waals surface area contributed by atoms with Crippen LogP contribution in [0, 0.1) is 0 Å². The Morgan fingerprint density at radius 1 is 0.971 bits per heavy atom. The summed E-state index contributed by atoms with van der Waals surface area (Å²) >= 11 is 0. The Hall–Kier alpha value is -3.54. The number of rotatable bonds is 8. The molecule has 6 nitrogen and oxygen atoms in total. The second kappa shape index (κ2) is 10.8. The molecule has 0 aromatic heterocycles. The lowest BCUT2D eigenvalue weighted by Crippen LogP contribution is -2.36. The summed E-state index contributed by atoms with van der Waals surface area (Å²) in [5, 5.41) is 3.39. The summed E-state index contributed by atoms with van der Waals surface area (Å²) in [7, 11) is 1.64. The summed E-state index contributed by atoms with van der Waals surface area (Å²) in [5.41, 5.74) is 4.72. The van der Waals surface area contributed by atoms with Crippen LogP contribution in [-0.2, 0) is 14.3 Å². The smallest absolute Gasteiger partial charge is 0.336 e. The van der Waals surface area contributed by atoms with Crippen LogP contribution in [0.3, 0.4) is 0 Å². The number of ketones is 1. The number of dihydropyridines is 1. The molecule has 2 atom stereocenters. The number of methoxy groups -OCH3 is 1. The molecule has 0 radical (unpaired) electrons. The molecule has 1 heterocycles. The first-order valence-electron chi connectivity index (χ1n) is 12.2. The van der Waals surface area contributed by atoms with Crippen LogP contribution in [-0.4, -0.2) is 32.1 Å². The maximum atomic E-state index is 13.6. The lowest BCUT2D eigenvalue weighted by molar-refractivity contribution is -0.138. The van der Waals surface area contributed by atoms with Crippen LogP contribution in [0.15, 0.2) is 71.1 Å². The SMILES string of the molecule is CCCOc1ccc([C@H]2C(C(=O)OCC)=C(C)NC3=C2C(=O)C[C@H](c2ccc(OC)cc2)C3)cc1. The van der Waals surface area contributed by atoms with Gasteiger partial charge >= 0.3 is 5.97 Å². The van der Waals surface area contributed by atoms with Gasteiger partial charge in [0.2, 0.25) is 0 Å². The summed E-state index contributed by atoms with van der Waals surface area (Å²) in [6.45, 7) is 6.63. The van der Waals surface area contributed by atoms with Crippen LogP contribution in [0.1, 0.15) is 63.0 Å². The molecule has 1 aliphatic heterocycles. The molecule has 0 bridgehead atoms. The van der Waals surface area contributed by atoms with Crippen molar-refractivity contribution in [3.63, 3.8) is 0 Å². The van der Waals surface area contributed by atoms with E-state index in [1.54, 1.807) is 14.0 Å². The predicted molar refractivity (Wildman–Crippen MR) is 134 cm³/mol. The Balaban J connectivity index is 1.72. The standard InChI is InChI=1S/C29H33NO5/c1-5-15-35-23-13-9-20(10-14-23)27-26(29(32)34-6-2)18(3)30-24-16-21(17-25(31)28(24)27)19-7-11-22(33-4)12-8-19/h7-14,21,27,30H,5-6,15-17H2,1-4H3/t21-,27+/m1/s1. The molecule has 2 aromatic carbocycles. The summed E-state index contributed by atoms with van der Waals surface area (Å²) in [5.74, 6) is 0.787. The van der Waals surface area contributed by atoms with Crippen molar-refractivity contribution in [1.29, 1.82) is 0 Å². The maximum Gasteiger partial charge on any atom is 0.336 e. The van der Waals surface area contributed by atoms with Gasteiger partial charge in [-0.3, -0.25) is 4.79 Å². The molecule has 35 heavy (non-hydrogen) atoms. The van der Waals surface area contributed by atoms with Crippen molar-refractivity contribution < 1.29 is 23.8 Å². The monoisotopic (exact) mass is 475 g/mol. The van der Waals surface area contributed by atoms with Gasteiger partial charge in [0.15, 0.2) is 5.78 Å². The van der Waals surface area contributed by atoms with E-state index in [2.05, 4.69) is 12.2 Å². The van der Waals surface area contributed by atoms with E-state index in [1.165, 1.54) is 0 Å². The van der Waals surface area contributed by atoms with E-state index in [0.29, 0.717) is 30.6 Å². The number of hydrogen-bond acceptors (Lipinski definition) is 6. The van der Waals surface area contributed by atoms with Gasteiger partial charge in [0, 0.05) is 29.3 Å². The quantitative estimate of drug-likeness (QED) is 0.515. The number of benzene rings is 2. The van der Waals surface area contributed by atoms with Crippen LogP contribution < -0.4 is 14.8 Å². The van der Waals surface area contributed by atoms with Crippen LogP contribution in [0.25, 0.3) is 0 Å². The average molecular weight is 476 g/mol. The van der Waals surface area contributed by atoms with E-state index >= 15 is 0 Å². The fourth-order valence-corrected chi connectivity index (χ4v) is 4.94. The summed E-state index contributed by atoms with van der Waals surface area (Å²) in [4.78, 5) is 26.7. The van der Waals surface area contributed by atoms with Gasteiger partial charge in [0.1, 0.15) is 11.5 Å². The van der Waals surface area contributed by atoms with E-state index in [9.17, 15) is 9.59 Å². The Bertz CT molecular complexity index is 1140. The number of ether oxygens (including phenoxy) is 3. The molecule has 1 N–H and O–H groups in total. The predicted octanol–water partition coefficient (Wildman–Crippen LogP) is 5.41.